The summed E-state index contributed by atoms with van der Waals surface area (Å²) in [4.78, 5) is 23.6. The summed E-state index contributed by atoms with van der Waals surface area (Å²) in [6, 6.07) is 3.28. The van der Waals surface area contributed by atoms with Gasteiger partial charge in [0.25, 0.3) is 5.56 Å². The first-order valence-corrected chi connectivity index (χ1v) is 7.16. The molecule has 0 bridgehead atoms. The van der Waals surface area contributed by atoms with Gasteiger partial charge in [-0.05, 0) is 25.5 Å². The number of aromatic nitrogens is 1. The highest BCUT2D eigenvalue weighted by atomic mass is 16.5. The summed E-state index contributed by atoms with van der Waals surface area (Å²) in [5, 5.41) is 0. The topological polar surface area (TPSA) is 57.5 Å². The van der Waals surface area contributed by atoms with E-state index in [0.29, 0.717) is 13.2 Å². The van der Waals surface area contributed by atoms with Gasteiger partial charge < -0.3 is 14.0 Å². The van der Waals surface area contributed by atoms with Gasteiger partial charge in [0.15, 0.2) is 5.75 Å². The fourth-order valence-corrected chi connectivity index (χ4v) is 1.80. The minimum Gasteiger partial charge on any atom is -0.488 e. The molecule has 1 rings (SSSR count). The van der Waals surface area contributed by atoms with Crippen LogP contribution in [-0.2, 0) is 16.1 Å². The summed E-state index contributed by atoms with van der Waals surface area (Å²) >= 11 is 0. The van der Waals surface area contributed by atoms with E-state index >= 15 is 0 Å². The van der Waals surface area contributed by atoms with E-state index < -0.39 is 5.97 Å². The molecule has 20 heavy (non-hydrogen) atoms. The summed E-state index contributed by atoms with van der Waals surface area (Å²) < 4.78 is 11.6. The lowest BCUT2D eigenvalue weighted by Crippen LogP contribution is -2.26. The normalized spacial score (nSPS) is 10.3. The number of nitrogens with zero attached hydrogens (tertiary/aromatic N) is 1. The standard InChI is InChI=1S/C15H23NO4/c1-3-5-6-7-11-20-14(17)12-16-10-8-9-13(15(16)18)19-4-2/h8-10H,3-7,11-12H2,1-2H3. The van der Waals surface area contributed by atoms with Gasteiger partial charge in [-0.3, -0.25) is 9.59 Å². The van der Waals surface area contributed by atoms with Crippen molar-refractivity contribution in [2.45, 2.75) is 46.1 Å². The second kappa shape index (κ2) is 9.18. The molecule has 0 fully saturated rings. The van der Waals surface area contributed by atoms with E-state index in [1.54, 1.807) is 25.3 Å². The molecule has 1 heterocycles. The van der Waals surface area contributed by atoms with Crippen LogP contribution in [0.1, 0.15) is 39.5 Å². The van der Waals surface area contributed by atoms with Crippen molar-refractivity contribution in [3.05, 3.63) is 28.7 Å². The van der Waals surface area contributed by atoms with E-state index in [4.69, 9.17) is 9.47 Å². The van der Waals surface area contributed by atoms with Crippen LogP contribution in [-0.4, -0.2) is 23.8 Å². The van der Waals surface area contributed by atoms with Crippen LogP contribution in [0.2, 0.25) is 0 Å². The molecule has 0 radical (unpaired) electrons. The summed E-state index contributed by atoms with van der Waals surface area (Å²) in [7, 11) is 0. The maximum Gasteiger partial charge on any atom is 0.326 e. The predicted molar refractivity (Wildman–Crippen MR) is 77.0 cm³/mol. The third kappa shape index (κ3) is 5.47. The van der Waals surface area contributed by atoms with Gasteiger partial charge in [-0.25, -0.2) is 0 Å². The van der Waals surface area contributed by atoms with Crippen LogP contribution in [0.4, 0.5) is 0 Å². The molecule has 0 aliphatic rings. The van der Waals surface area contributed by atoms with E-state index in [1.165, 1.54) is 4.57 Å². The first kappa shape index (κ1) is 16.3. The molecule has 0 aliphatic heterocycles. The third-order valence-corrected chi connectivity index (χ3v) is 2.85. The van der Waals surface area contributed by atoms with Crippen molar-refractivity contribution in [3.63, 3.8) is 0 Å². The van der Waals surface area contributed by atoms with Gasteiger partial charge in [-0.2, -0.15) is 0 Å². The highest BCUT2D eigenvalue weighted by Crippen LogP contribution is 2.02. The molecule has 5 nitrogen and oxygen atoms in total. The Morgan fingerprint density at radius 3 is 2.75 bits per heavy atom. The quantitative estimate of drug-likeness (QED) is 0.515. The second-order valence-corrected chi connectivity index (χ2v) is 4.52. The molecule has 1 aromatic rings. The van der Waals surface area contributed by atoms with Gasteiger partial charge in [0.05, 0.1) is 13.2 Å². The van der Waals surface area contributed by atoms with Crippen LogP contribution < -0.4 is 10.3 Å². The molecule has 0 atom stereocenters. The average Bonchev–Trinajstić information content (AvgIpc) is 2.43. The van der Waals surface area contributed by atoms with Crippen molar-refractivity contribution >= 4 is 5.97 Å². The molecule has 0 unspecified atom stereocenters. The molecule has 0 N–H and O–H groups in total. The van der Waals surface area contributed by atoms with Crippen LogP contribution in [0.3, 0.4) is 0 Å². The van der Waals surface area contributed by atoms with Crippen molar-refractivity contribution in [1.82, 2.24) is 4.57 Å². The molecule has 5 heteroatoms. The predicted octanol–water partition coefficient (Wildman–Crippen LogP) is 2.37. The molecule has 0 aromatic carbocycles. The number of carbonyl (C=O) groups is 1. The number of esters is 1. The Bertz CT molecular complexity index is 467. The van der Waals surface area contributed by atoms with Gasteiger partial charge >= 0.3 is 5.97 Å². The molecule has 0 saturated carbocycles. The van der Waals surface area contributed by atoms with Crippen LogP contribution in [0.5, 0.6) is 5.75 Å². The Balaban J connectivity index is 2.46. The van der Waals surface area contributed by atoms with Gasteiger partial charge in [-0.1, -0.05) is 26.2 Å². The molecule has 112 valence electrons. The zero-order valence-electron chi connectivity index (χ0n) is 12.3. The van der Waals surface area contributed by atoms with Crippen molar-refractivity contribution < 1.29 is 14.3 Å². The lowest BCUT2D eigenvalue weighted by atomic mass is 10.2. The highest BCUT2D eigenvalue weighted by Gasteiger charge is 2.08. The van der Waals surface area contributed by atoms with Crippen LogP contribution in [0.15, 0.2) is 23.1 Å². The number of unbranched alkanes of at least 4 members (excludes halogenated alkanes) is 3. The molecular formula is C15H23NO4. The maximum absolute atomic E-state index is 11.9. The number of ether oxygens (including phenoxy) is 2. The first-order chi connectivity index (χ1) is 9.69. The SMILES string of the molecule is CCCCCCOC(=O)Cn1cccc(OCC)c1=O. The summed E-state index contributed by atoms with van der Waals surface area (Å²) in [6.07, 6.45) is 5.78. The largest absolute Gasteiger partial charge is 0.488 e. The summed E-state index contributed by atoms with van der Waals surface area (Å²) in [5.41, 5.74) is -0.308. The Labute approximate surface area is 119 Å². The Morgan fingerprint density at radius 1 is 1.25 bits per heavy atom. The highest BCUT2D eigenvalue weighted by molar-refractivity contribution is 5.69. The van der Waals surface area contributed by atoms with E-state index in [1.807, 2.05) is 0 Å². The summed E-state index contributed by atoms with van der Waals surface area (Å²) in [5.74, 6) is -0.136. The minimum absolute atomic E-state index is 0.0759. The average molecular weight is 281 g/mol. The minimum atomic E-state index is -0.391. The second-order valence-electron chi connectivity index (χ2n) is 4.52. The first-order valence-electron chi connectivity index (χ1n) is 7.16. The van der Waals surface area contributed by atoms with Crippen molar-refractivity contribution in [1.29, 1.82) is 0 Å². The molecule has 0 aliphatic carbocycles. The molecule has 0 amide bonds. The lowest BCUT2D eigenvalue weighted by Gasteiger charge is -2.08. The Hall–Kier alpha value is -1.78. The van der Waals surface area contributed by atoms with Crippen LogP contribution in [0.25, 0.3) is 0 Å². The molecular weight excluding hydrogens is 258 g/mol. The number of pyridine rings is 1. The number of hydrogen-bond acceptors (Lipinski definition) is 4. The maximum atomic E-state index is 11.9. The molecule has 0 saturated heterocycles. The van der Waals surface area contributed by atoms with E-state index in [-0.39, 0.29) is 17.9 Å². The number of hydrogen-bond donors (Lipinski definition) is 0. The zero-order valence-corrected chi connectivity index (χ0v) is 12.3. The third-order valence-electron chi connectivity index (χ3n) is 2.85. The van der Waals surface area contributed by atoms with Crippen molar-refractivity contribution in [2.24, 2.45) is 0 Å². The summed E-state index contributed by atoms with van der Waals surface area (Å²) in [6.45, 7) is 4.69. The smallest absolute Gasteiger partial charge is 0.326 e. The van der Waals surface area contributed by atoms with E-state index in [9.17, 15) is 9.59 Å². The van der Waals surface area contributed by atoms with E-state index in [2.05, 4.69) is 6.92 Å². The van der Waals surface area contributed by atoms with Gasteiger partial charge in [0, 0.05) is 6.20 Å². The van der Waals surface area contributed by atoms with Crippen LogP contribution >= 0.6 is 0 Å². The lowest BCUT2D eigenvalue weighted by molar-refractivity contribution is -0.144. The molecule has 0 spiro atoms. The zero-order chi connectivity index (χ0) is 14.8. The van der Waals surface area contributed by atoms with Crippen LogP contribution in [0, 0.1) is 0 Å². The Morgan fingerprint density at radius 2 is 2.05 bits per heavy atom. The van der Waals surface area contributed by atoms with Gasteiger partial charge in [-0.15, -0.1) is 0 Å². The number of rotatable bonds is 9. The fourth-order valence-electron chi connectivity index (χ4n) is 1.80. The fraction of sp³-hybridized carbons (Fsp3) is 0.600. The monoisotopic (exact) mass is 281 g/mol. The molecule has 1 aromatic heterocycles. The van der Waals surface area contributed by atoms with E-state index in [0.717, 1.165) is 25.7 Å². The van der Waals surface area contributed by atoms with Crippen molar-refractivity contribution in [3.8, 4) is 5.75 Å². The number of carbonyl (C=O) groups excluding carboxylic acids is 1. The van der Waals surface area contributed by atoms with Crippen molar-refractivity contribution in [2.75, 3.05) is 13.2 Å². The van der Waals surface area contributed by atoms with Gasteiger partial charge in [0.2, 0.25) is 0 Å². The Kier molecular flexibility index (Phi) is 7.47. The van der Waals surface area contributed by atoms with Gasteiger partial charge in [0.1, 0.15) is 6.54 Å².